The lowest BCUT2D eigenvalue weighted by atomic mass is 9.94. The molecular formula is C14H18N2O3. The number of rotatable bonds is 3. The number of aliphatic hydroxyl groups is 1. The monoisotopic (exact) mass is 262 g/mol. The Bertz CT molecular complexity index is 485. The third-order valence-electron chi connectivity index (χ3n) is 3.59. The number of primary amides is 1. The molecule has 2 rings (SSSR count). The minimum absolute atomic E-state index is 0.454. The lowest BCUT2D eigenvalue weighted by Gasteiger charge is -2.31. The average Bonchev–Trinajstić information content (AvgIpc) is 2.88. The Hall–Kier alpha value is -1.88. The van der Waals surface area contributed by atoms with Crippen LogP contribution in [-0.4, -0.2) is 34.4 Å². The van der Waals surface area contributed by atoms with Crippen LogP contribution in [0.3, 0.4) is 0 Å². The summed E-state index contributed by atoms with van der Waals surface area (Å²) in [7, 11) is 0. The van der Waals surface area contributed by atoms with E-state index < -0.39 is 23.5 Å². The van der Waals surface area contributed by atoms with E-state index in [9.17, 15) is 14.7 Å². The van der Waals surface area contributed by atoms with Crippen LogP contribution in [-0.2, 0) is 15.2 Å². The number of nitrogens with zero attached hydrogens (tertiary/aromatic N) is 1. The van der Waals surface area contributed by atoms with Gasteiger partial charge in [-0.3, -0.25) is 9.59 Å². The van der Waals surface area contributed by atoms with Gasteiger partial charge in [0.25, 0.3) is 5.91 Å². The molecule has 1 saturated heterocycles. The molecule has 2 amide bonds. The van der Waals surface area contributed by atoms with Gasteiger partial charge in [-0.25, -0.2) is 0 Å². The highest BCUT2D eigenvalue weighted by molar-refractivity contribution is 5.91. The molecule has 0 aliphatic carbocycles. The van der Waals surface area contributed by atoms with Crippen molar-refractivity contribution in [2.45, 2.75) is 31.4 Å². The van der Waals surface area contributed by atoms with Crippen LogP contribution in [0.25, 0.3) is 0 Å². The molecule has 102 valence electrons. The number of hydrogen-bond donors (Lipinski definition) is 2. The highest BCUT2D eigenvalue weighted by atomic mass is 16.3. The maximum atomic E-state index is 12.5. The molecule has 0 bridgehead atoms. The molecule has 1 aliphatic heterocycles. The van der Waals surface area contributed by atoms with Gasteiger partial charge < -0.3 is 15.7 Å². The van der Waals surface area contributed by atoms with Crippen molar-refractivity contribution < 1.29 is 14.7 Å². The van der Waals surface area contributed by atoms with Gasteiger partial charge in [-0.2, -0.15) is 0 Å². The van der Waals surface area contributed by atoms with Crippen molar-refractivity contribution in [1.82, 2.24) is 4.90 Å². The average molecular weight is 262 g/mol. The predicted octanol–water partition coefficient (Wildman–Crippen LogP) is 0.370. The van der Waals surface area contributed by atoms with Gasteiger partial charge in [0.2, 0.25) is 5.91 Å². The van der Waals surface area contributed by atoms with Gasteiger partial charge in [-0.05, 0) is 25.3 Å². The maximum absolute atomic E-state index is 12.5. The fraction of sp³-hybridized carbons (Fsp3) is 0.429. The normalized spacial score (nSPS) is 22.0. The Morgan fingerprint density at radius 3 is 2.58 bits per heavy atom. The molecule has 0 spiro atoms. The lowest BCUT2D eigenvalue weighted by Crippen LogP contribution is -2.51. The standard InChI is InChI=1S/C14H18N2O3/c1-14(19,10-6-3-2-4-7-10)13(18)16-9-5-8-11(16)12(15)17/h2-4,6-7,11,19H,5,8-9H2,1H3,(H2,15,17)/t11?,14-/m0/s1. The number of nitrogens with two attached hydrogens (primary N) is 1. The zero-order chi connectivity index (χ0) is 14.0. The predicted molar refractivity (Wildman–Crippen MR) is 69.9 cm³/mol. The molecule has 1 heterocycles. The van der Waals surface area contributed by atoms with E-state index in [2.05, 4.69) is 0 Å². The number of amides is 2. The van der Waals surface area contributed by atoms with Crippen molar-refractivity contribution >= 4 is 11.8 Å². The van der Waals surface area contributed by atoms with Crippen molar-refractivity contribution in [3.8, 4) is 0 Å². The molecule has 1 unspecified atom stereocenters. The molecule has 1 fully saturated rings. The third-order valence-corrected chi connectivity index (χ3v) is 3.59. The van der Waals surface area contributed by atoms with Gasteiger partial charge in [-0.15, -0.1) is 0 Å². The Kier molecular flexibility index (Phi) is 3.57. The Labute approximate surface area is 112 Å². The van der Waals surface area contributed by atoms with Crippen molar-refractivity contribution in [1.29, 1.82) is 0 Å². The summed E-state index contributed by atoms with van der Waals surface area (Å²) in [6.45, 7) is 1.90. The van der Waals surface area contributed by atoms with Gasteiger partial charge in [0, 0.05) is 6.54 Å². The first kappa shape index (κ1) is 13.5. The molecule has 3 N–H and O–H groups in total. The van der Waals surface area contributed by atoms with Crippen molar-refractivity contribution in [3.63, 3.8) is 0 Å². The highest BCUT2D eigenvalue weighted by Gasteiger charge is 2.42. The van der Waals surface area contributed by atoms with E-state index in [4.69, 9.17) is 5.73 Å². The highest BCUT2D eigenvalue weighted by Crippen LogP contribution is 2.27. The number of carbonyl (C=O) groups excluding carboxylic acids is 2. The van der Waals surface area contributed by atoms with E-state index in [1.54, 1.807) is 24.3 Å². The van der Waals surface area contributed by atoms with Crippen LogP contribution in [0.4, 0.5) is 0 Å². The van der Waals surface area contributed by atoms with Gasteiger partial charge in [0.15, 0.2) is 5.60 Å². The summed E-state index contributed by atoms with van der Waals surface area (Å²) < 4.78 is 0. The minimum Gasteiger partial charge on any atom is -0.376 e. The summed E-state index contributed by atoms with van der Waals surface area (Å²) in [6, 6.07) is 8.09. The van der Waals surface area contributed by atoms with Gasteiger partial charge in [0.05, 0.1) is 0 Å². The maximum Gasteiger partial charge on any atom is 0.259 e. The summed E-state index contributed by atoms with van der Waals surface area (Å²) in [5, 5.41) is 10.5. The lowest BCUT2D eigenvalue weighted by molar-refractivity contribution is -0.153. The first-order valence-corrected chi connectivity index (χ1v) is 6.33. The molecule has 1 aliphatic rings. The number of hydrogen-bond acceptors (Lipinski definition) is 3. The Balaban J connectivity index is 2.26. The molecule has 0 aromatic heterocycles. The number of carbonyl (C=O) groups is 2. The second kappa shape index (κ2) is 5.01. The van der Waals surface area contributed by atoms with E-state index in [0.29, 0.717) is 18.5 Å². The third kappa shape index (κ3) is 2.46. The van der Waals surface area contributed by atoms with E-state index in [0.717, 1.165) is 6.42 Å². The molecule has 5 heteroatoms. The van der Waals surface area contributed by atoms with Gasteiger partial charge in [-0.1, -0.05) is 30.3 Å². The van der Waals surface area contributed by atoms with Crippen LogP contribution in [0.2, 0.25) is 0 Å². The van der Waals surface area contributed by atoms with Crippen LogP contribution < -0.4 is 5.73 Å². The molecule has 0 saturated carbocycles. The Morgan fingerprint density at radius 2 is 2.00 bits per heavy atom. The summed E-state index contributed by atoms with van der Waals surface area (Å²) in [4.78, 5) is 25.2. The number of likely N-dealkylation sites (tertiary alicyclic amines) is 1. The SMILES string of the molecule is C[C@@](O)(C(=O)N1CCCC1C(N)=O)c1ccccc1. The van der Waals surface area contributed by atoms with E-state index in [-0.39, 0.29) is 0 Å². The first-order chi connectivity index (χ1) is 8.94. The van der Waals surface area contributed by atoms with Crippen molar-refractivity contribution in [2.75, 3.05) is 6.54 Å². The molecular weight excluding hydrogens is 244 g/mol. The quantitative estimate of drug-likeness (QED) is 0.825. The second-order valence-electron chi connectivity index (χ2n) is 5.00. The number of benzene rings is 1. The van der Waals surface area contributed by atoms with Crippen LogP contribution in [0, 0.1) is 0 Å². The minimum atomic E-state index is -1.64. The van der Waals surface area contributed by atoms with Crippen molar-refractivity contribution in [3.05, 3.63) is 35.9 Å². The van der Waals surface area contributed by atoms with Gasteiger partial charge >= 0.3 is 0 Å². The van der Waals surface area contributed by atoms with E-state index >= 15 is 0 Å². The van der Waals surface area contributed by atoms with E-state index in [1.165, 1.54) is 11.8 Å². The Morgan fingerprint density at radius 1 is 1.37 bits per heavy atom. The van der Waals surface area contributed by atoms with Crippen molar-refractivity contribution in [2.24, 2.45) is 5.73 Å². The largest absolute Gasteiger partial charge is 0.376 e. The summed E-state index contributed by atoms with van der Waals surface area (Å²) in [5.74, 6) is -0.991. The van der Waals surface area contributed by atoms with Gasteiger partial charge in [0.1, 0.15) is 6.04 Å². The van der Waals surface area contributed by atoms with Crippen LogP contribution in [0.15, 0.2) is 30.3 Å². The summed E-state index contributed by atoms with van der Waals surface area (Å²) in [6.07, 6.45) is 1.29. The summed E-state index contributed by atoms with van der Waals surface area (Å²) >= 11 is 0. The molecule has 5 nitrogen and oxygen atoms in total. The fourth-order valence-electron chi connectivity index (χ4n) is 2.47. The molecule has 2 atom stereocenters. The zero-order valence-corrected chi connectivity index (χ0v) is 10.9. The topological polar surface area (TPSA) is 83.6 Å². The zero-order valence-electron chi connectivity index (χ0n) is 10.9. The molecule has 1 aromatic carbocycles. The fourth-order valence-corrected chi connectivity index (χ4v) is 2.47. The van der Waals surface area contributed by atoms with Crippen LogP contribution in [0.5, 0.6) is 0 Å². The van der Waals surface area contributed by atoms with E-state index in [1.807, 2.05) is 6.07 Å². The molecule has 0 radical (unpaired) electrons. The van der Waals surface area contributed by atoms with Crippen LogP contribution >= 0.6 is 0 Å². The molecule has 19 heavy (non-hydrogen) atoms. The summed E-state index contributed by atoms with van der Waals surface area (Å²) in [5.41, 5.74) is 4.16. The smallest absolute Gasteiger partial charge is 0.259 e. The molecule has 1 aromatic rings. The first-order valence-electron chi connectivity index (χ1n) is 6.33. The van der Waals surface area contributed by atoms with Crippen LogP contribution in [0.1, 0.15) is 25.3 Å². The second-order valence-corrected chi connectivity index (χ2v) is 5.00.